The second-order valence-electron chi connectivity index (χ2n) is 2.24. The first kappa shape index (κ1) is 4.82. The number of halogens is 1. The zero-order valence-corrected chi connectivity index (χ0v) is 7.67. The van der Waals surface area contributed by atoms with Crippen molar-refractivity contribution in [2.45, 2.75) is 0 Å². The van der Waals surface area contributed by atoms with Gasteiger partial charge in [0, 0.05) is 16.8 Å². The van der Waals surface area contributed by atoms with E-state index in [1.165, 1.54) is 4.68 Å². The van der Waals surface area contributed by atoms with Gasteiger partial charge in [0.05, 0.1) is 9.80 Å². The van der Waals surface area contributed by atoms with Crippen LogP contribution < -0.4 is 0 Å². The van der Waals surface area contributed by atoms with Crippen molar-refractivity contribution >= 4 is 15.9 Å². The Balaban J connectivity index is 2.54. The van der Waals surface area contributed by atoms with Gasteiger partial charge < -0.3 is 0 Å². The molecule has 0 aliphatic carbocycles. The van der Waals surface area contributed by atoms with Crippen LogP contribution in [0, 0.1) is 0 Å². The SMILES string of the molecule is [2H]c1nn(-c2ccc(Br)cc2)c([2H])c1[2H]. The molecule has 0 unspecified atom stereocenters. The number of benzene rings is 1. The average Bonchev–Trinajstić information content (AvgIpc) is 2.47. The van der Waals surface area contributed by atoms with Crippen LogP contribution in [0.2, 0.25) is 0 Å². The van der Waals surface area contributed by atoms with Crippen LogP contribution in [0.1, 0.15) is 4.11 Å². The molecule has 0 amide bonds. The zero-order valence-electron chi connectivity index (χ0n) is 9.08. The molecule has 0 radical (unpaired) electrons. The third kappa shape index (κ3) is 1.41. The summed E-state index contributed by atoms with van der Waals surface area (Å²) in [5.41, 5.74) is 0.676. The van der Waals surface area contributed by atoms with E-state index >= 15 is 0 Å². The van der Waals surface area contributed by atoms with Gasteiger partial charge in [-0.15, -0.1) is 0 Å². The molecule has 0 saturated heterocycles. The normalized spacial score (nSPS) is 13.6. The molecule has 2 rings (SSSR count). The van der Waals surface area contributed by atoms with Crippen LogP contribution in [0.25, 0.3) is 5.69 Å². The third-order valence-electron chi connectivity index (χ3n) is 1.44. The predicted molar refractivity (Wildman–Crippen MR) is 51.3 cm³/mol. The molecule has 60 valence electrons. The zero-order chi connectivity index (χ0) is 11.0. The Morgan fingerprint density at radius 2 is 2.08 bits per heavy atom. The Hall–Kier alpha value is -1.09. The van der Waals surface area contributed by atoms with Crippen LogP contribution in [-0.2, 0) is 0 Å². The quantitative estimate of drug-likeness (QED) is 0.730. The first-order valence-electron chi connectivity index (χ1n) is 4.88. The number of aromatic nitrogens is 2. The molecule has 0 aliphatic heterocycles. The fourth-order valence-electron chi connectivity index (χ4n) is 0.883. The summed E-state index contributed by atoms with van der Waals surface area (Å²) in [4.78, 5) is 0. The molecule has 0 saturated carbocycles. The molecule has 0 N–H and O–H groups in total. The standard InChI is InChI=1S/C9H7BrN2/c10-8-2-4-9(5-3-8)12-7-1-6-11-12/h1-7H/i1D,6D,7D. The lowest BCUT2D eigenvalue weighted by Crippen LogP contribution is -1.92. The van der Waals surface area contributed by atoms with Gasteiger partial charge in [-0.05, 0) is 30.3 Å². The van der Waals surface area contributed by atoms with Crippen LogP contribution in [-0.4, -0.2) is 9.78 Å². The number of hydrogen-bond acceptors (Lipinski definition) is 1. The maximum Gasteiger partial charge on any atom is 0.0860 e. The molecular formula is C9H7BrN2. The highest BCUT2D eigenvalue weighted by atomic mass is 79.9. The minimum absolute atomic E-state index is 0.0673. The molecule has 0 fully saturated rings. The van der Waals surface area contributed by atoms with Crippen molar-refractivity contribution in [1.29, 1.82) is 0 Å². The summed E-state index contributed by atoms with van der Waals surface area (Å²) >= 11 is 3.31. The van der Waals surface area contributed by atoms with Crippen molar-refractivity contribution in [1.82, 2.24) is 9.78 Å². The molecule has 0 bridgehead atoms. The molecule has 0 spiro atoms. The second-order valence-corrected chi connectivity index (χ2v) is 3.15. The van der Waals surface area contributed by atoms with Crippen molar-refractivity contribution in [3.05, 3.63) is 47.1 Å². The Labute approximate surface area is 83.2 Å². The van der Waals surface area contributed by atoms with E-state index in [-0.39, 0.29) is 18.4 Å². The Morgan fingerprint density at radius 3 is 2.67 bits per heavy atom. The Morgan fingerprint density at radius 1 is 1.33 bits per heavy atom. The highest BCUT2D eigenvalue weighted by Crippen LogP contribution is 2.12. The van der Waals surface area contributed by atoms with E-state index in [1.807, 2.05) is 12.1 Å². The van der Waals surface area contributed by atoms with E-state index in [1.54, 1.807) is 12.1 Å². The first-order chi connectivity index (χ1) is 7.09. The lowest BCUT2D eigenvalue weighted by Gasteiger charge is -1.99. The highest BCUT2D eigenvalue weighted by Gasteiger charge is 1.93. The molecule has 1 aromatic heterocycles. The van der Waals surface area contributed by atoms with Gasteiger partial charge in [-0.1, -0.05) is 15.9 Å². The van der Waals surface area contributed by atoms with Crippen molar-refractivity contribution in [2.75, 3.05) is 0 Å². The van der Waals surface area contributed by atoms with Crippen LogP contribution in [0.5, 0.6) is 0 Å². The molecule has 12 heavy (non-hydrogen) atoms. The van der Waals surface area contributed by atoms with Crippen LogP contribution >= 0.6 is 15.9 Å². The maximum absolute atomic E-state index is 7.59. The monoisotopic (exact) mass is 225 g/mol. The summed E-state index contributed by atoms with van der Waals surface area (Å²) in [7, 11) is 0. The molecule has 0 atom stereocenters. The van der Waals surface area contributed by atoms with Gasteiger partial charge in [0.1, 0.15) is 0 Å². The summed E-state index contributed by atoms with van der Waals surface area (Å²) < 4.78 is 24.5. The van der Waals surface area contributed by atoms with Gasteiger partial charge in [-0.25, -0.2) is 4.68 Å². The second kappa shape index (κ2) is 3.11. The number of rotatable bonds is 1. The summed E-state index contributed by atoms with van der Waals surface area (Å²) in [6.45, 7) is 0. The third-order valence-corrected chi connectivity index (χ3v) is 1.97. The van der Waals surface area contributed by atoms with Gasteiger partial charge in [0.2, 0.25) is 0 Å². The Kier molecular flexibility index (Phi) is 1.25. The van der Waals surface area contributed by atoms with Gasteiger partial charge in [-0.3, -0.25) is 0 Å². The van der Waals surface area contributed by atoms with Gasteiger partial charge in [-0.2, -0.15) is 5.10 Å². The largest absolute Gasteiger partial charge is 0.241 e. The molecule has 1 heterocycles. The smallest absolute Gasteiger partial charge is 0.0860 e. The molecule has 0 aliphatic rings. The van der Waals surface area contributed by atoms with Gasteiger partial charge in [0.15, 0.2) is 0 Å². The number of hydrogen-bond donors (Lipinski definition) is 0. The average molecular weight is 226 g/mol. The summed E-state index contributed by atoms with van der Waals surface area (Å²) in [5, 5.41) is 3.80. The van der Waals surface area contributed by atoms with E-state index in [4.69, 9.17) is 4.11 Å². The molecule has 2 aromatic rings. The van der Waals surface area contributed by atoms with Crippen LogP contribution in [0.4, 0.5) is 0 Å². The minimum atomic E-state index is -0.178. The van der Waals surface area contributed by atoms with Crippen molar-refractivity contribution in [3.8, 4) is 5.69 Å². The van der Waals surface area contributed by atoms with E-state index in [2.05, 4.69) is 21.0 Å². The van der Waals surface area contributed by atoms with Gasteiger partial charge in [0.25, 0.3) is 0 Å². The van der Waals surface area contributed by atoms with Crippen molar-refractivity contribution in [3.63, 3.8) is 0 Å². The lowest BCUT2D eigenvalue weighted by atomic mass is 10.3. The van der Waals surface area contributed by atoms with Gasteiger partial charge >= 0.3 is 0 Å². The van der Waals surface area contributed by atoms with Crippen molar-refractivity contribution in [2.24, 2.45) is 0 Å². The minimum Gasteiger partial charge on any atom is -0.241 e. The topological polar surface area (TPSA) is 17.8 Å². The predicted octanol–water partition coefficient (Wildman–Crippen LogP) is 2.63. The van der Waals surface area contributed by atoms with E-state index in [0.717, 1.165) is 4.47 Å². The molecule has 1 aromatic carbocycles. The van der Waals surface area contributed by atoms with Crippen LogP contribution in [0.3, 0.4) is 0 Å². The summed E-state index contributed by atoms with van der Waals surface area (Å²) in [5.74, 6) is 0. The number of nitrogens with zero attached hydrogens (tertiary/aromatic N) is 2. The molecule has 2 nitrogen and oxygen atoms in total. The Bertz CT molecular complexity index is 493. The highest BCUT2D eigenvalue weighted by molar-refractivity contribution is 9.10. The van der Waals surface area contributed by atoms with E-state index < -0.39 is 0 Å². The lowest BCUT2D eigenvalue weighted by molar-refractivity contribution is 0.880. The van der Waals surface area contributed by atoms with E-state index in [9.17, 15) is 0 Å². The molecule has 3 heteroatoms. The van der Waals surface area contributed by atoms with E-state index in [0.29, 0.717) is 5.69 Å². The molecular weight excluding hydrogens is 216 g/mol. The fourth-order valence-corrected chi connectivity index (χ4v) is 1.15. The summed E-state index contributed by atoms with van der Waals surface area (Å²) in [6.07, 6.45) is -0.245. The summed E-state index contributed by atoms with van der Waals surface area (Å²) in [6, 6.07) is 7.04. The maximum atomic E-state index is 7.59. The van der Waals surface area contributed by atoms with Crippen molar-refractivity contribution < 1.29 is 4.11 Å². The van der Waals surface area contributed by atoms with Crippen LogP contribution in [0.15, 0.2) is 47.1 Å². The fraction of sp³-hybridized carbons (Fsp3) is 0. The first-order valence-corrected chi connectivity index (χ1v) is 4.17.